The van der Waals surface area contributed by atoms with E-state index in [-0.39, 0.29) is 23.4 Å². The molecule has 1 fully saturated rings. The number of aromatic nitrogens is 1. The van der Waals surface area contributed by atoms with Crippen molar-refractivity contribution < 1.29 is 23.1 Å². The molecule has 2 rings (SSSR count). The van der Waals surface area contributed by atoms with Crippen molar-refractivity contribution in [3.63, 3.8) is 0 Å². The molecule has 0 saturated heterocycles. The standard InChI is InChI=1S/C16H26N4O5S/c1-18-8-2-9-19-15(21)12-5-3-11(4-6-12)13-7-10-20(26(17,24)25)14(13)16(22)23/h7,10-12,18H,2-6,8-9H2,1H3,(H,19,21)(H,22,23)(H2,17,24,25). The Morgan fingerprint density at radius 2 is 1.92 bits per heavy atom. The molecule has 1 saturated carbocycles. The zero-order valence-corrected chi connectivity index (χ0v) is 15.6. The van der Waals surface area contributed by atoms with E-state index in [1.807, 2.05) is 7.05 Å². The van der Waals surface area contributed by atoms with E-state index >= 15 is 0 Å². The van der Waals surface area contributed by atoms with Crippen molar-refractivity contribution in [1.82, 2.24) is 14.6 Å². The summed E-state index contributed by atoms with van der Waals surface area (Å²) >= 11 is 0. The molecule has 0 atom stereocenters. The minimum atomic E-state index is -4.17. The van der Waals surface area contributed by atoms with Crippen LogP contribution in [0.5, 0.6) is 0 Å². The van der Waals surface area contributed by atoms with Gasteiger partial charge in [-0.25, -0.2) is 13.9 Å². The second-order valence-corrected chi connectivity index (χ2v) is 7.99. The normalized spacial score (nSPS) is 20.7. The van der Waals surface area contributed by atoms with Gasteiger partial charge in [0.2, 0.25) is 5.91 Å². The van der Waals surface area contributed by atoms with E-state index < -0.39 is 16.2 Å². The number of hydrogen-bond acceptors (Lipinski definition) is 5. The van der Waals surface area contributed by atoms with Crippen molar-refractivity contribution in [1.29, 1.82) is 0 Å². The largest absolute Gasteiger partial charge is 0.477 e. The Labute approximate surface area is 153 Å². The Morgan fingerprint density at radius 1 is 1.27 bits per heavy atom. The maximum absolute atomic E-state index is 12.2. The first-order chi connectivity index (χ1) is 12.3. The van der Waals surface area contributed by atoms with E-state index in [2.05, 4.69) is 10.6 Å². The van der Waals surface area contributed by atoms with Crippen molar-refractivity contribution in [3.8, 4) is 0 Å². The van der Waals surface area contributed by atoms with E-state index in [9.17, 15) is 23.1 Å². The average molecular weight is 386 g/mol. The Morgan fingerprint density at radius 3 is 2.46 bits per heavy atom. The molecule has 10 heteroatoms. The average Bonchev–Trinajstić information content (AvgIpc) is 3.04. The summed E-state index contributed by atoms with van der Waals surface area (Å²) < 4.78 is 23.7. The number of carboxylic acid groups (broad SMARTS) is 1. The SMILES string of the molecule is CNCCCNC(=O)C1CCC(c2ccn(S(N)(=O)=O)c2C(=O)O)CC1. The quantitative estimate of drug-likeness (QED) is 0.471. The Balaban J connectivity index is 2.01. The zero-order chi connectivity index (χ0) is 19.3. The highest BCUT2D eigenvalue weighted by Gasteiger charge is 2.31. The summed E-state index contributed by atoms with van der Waals surface area (Å²) in [6, 6.07) is 1.50. The maximum Gasteiger partial charge on any atom is 0.353 e. The molecule has 0 radical (unpaired) electrons. The van der Waals surface area contributed by atoms with E-state index in [0.717, 1.165) is 13.0 Å². The molecule has 1 aliphatic carbocycles. The monoisotopic (exact) mass is 386 g/mol. The molecule has 1 aromatic heterocycles. The molecular weight excluding hydrogens is 360 g/mol. The van der Waals surface area contributed by atoms with Crippen LogP contribution in [0.4, 0.5) is 0 Å². The number of nitrogens with two attached hydrogens (primary N) is 1. The number of hydrogen-bond donors (Lipinski definition) is 4. The molecular formula is C16H26N4O5S. The summed E-state index contributed by atoms with van der Waals surface area (Å²) in [5.74, 6) is -1.49. The fourth-order valence-corrected chi connectivity index (χ4v) is 4.14. The van der Waals surface area contributed by atoms with Crippen LogP contribution in [0.15, 0.2) is 12.3 Å². The number of amides is 1. The minimum Gasteiger partial charge on any atom is -0.477 e. The summed E-state index contributed by atoms with van der Waals surface area (Å²) in [4.78, 5) is 23.7. The number of aromatic carboxylic acids is 1. The molecule has 1 aromatic rings. The number of carbonyl (C=O) groups excluding carboxylic acids is 1. The summed E-state index contributed by atoms with van der Waals surface area (Å²) in [6.45, 7) is 1.46. The lowest BCUT2D eigenvalue weighted by Crippen LogP contribution is -2.34. The van der Waals surface area contributed by atoms with Gasteiger partial charge in [-0.3, -0.25) is 4.79 Å². The molecule has 0 aliphatic heterocycles. The highest BCUT2D eigenvalue weighted by molar-refractivity contribution is 7.87. The van der Waals surface area contributed by atoms with Gasteiger partial charge >= 0.3 is 16.2 Å². The van der Waals surface area contributed by atoms with Gasteiger partial charge in [0.25, 0.3) is 0 Å². The number of nitrogens with zero attached hydrogens (tertiary/aromatic N) is 1. The summed E-state index contributed by atoms with van der Waals surface area (Å²) in [7, 11) is -2.31. The highest BCUT2D eigenvalue weighted by atomic mass is 32.2. The smallest absolute Gasteiger partial charge is 0.353 e. The minimum absolute atomic E-state index is 0.0279. The zero-order valence-electron chi connectivity index (χ0n) is 14.8. The molecule has 1 amide bonds. The van der Waals surface area contributed by atoms with Gasteiger partial charge in [-0.2, -0.15) is 8.42 Å². The third-order valence-corrected chi connectivity index (χ3v) is 5.65. The van der Waals surface area contributed by atoms with Crippen LogP contribution in [0, 0.1) is 5.92 Å². The molecule has 5 N–H and O–H groups in total. The fraction of sp³-hybridized carbons (Fsp3) is 0.625. The second kappa shape index (κ2) is 8.65. The summed E-state index contributed by atoms with van der Waals surface area (Å²) in [5, 5.41) is 20.4. The first kappa shape index (κ1) is 20.4. The van der Waals surface area contributed by atoms with Gasteiger partial charge in [0.1, 0.15) is 5.69 Å². The maximum atomic E-state index is 12.2. The molecule has 1 aliphatic rings. The molecule has 0 bridgehead atoms. The van der Waals surface area contributed by atoms with Crippen LogP contribution in [0.25, 0.3) is 0 Å². The van der Waals surface area contributed by atoms with Crippen LogP contribution in [0.3, 0.4) is 0 Å². The lowest BCUT2D eigenvalue weighted by atomic mass is 9.78. The molecule has 0 unspecified atom stereocenters. The molecule has 146 valence electrons. The van der Waals surface area contributed by atoms with Crippen molar-refractivity contribution in [2.24, 2.45) is 11.1 Å². The number of carboxylic acids is 1. The second-order valence-electron chi connectivity index (χ2n) is 6.56. The fourth-order valence-electron chi connectivity index (χ4n) is 3.48. The molecule has 9 nitrogen and oxygen atoms in total. The topological polar surface area (TPSA) is 144 Å². The highest BCUT2D eigenvalue weighted by Crippen LogP contribution is 2.37. The third kappa shape index (κ3) is 4.83. The Kier molecular flexibility index (Phi) is 6.79. The molecule has 0 aromatic carbocycles. The predicted octanol–water partition coefficient (Wildman–Crippen LogP) is 0.237. The van der Waals surface area contributed by atoms with Gasteiger partial charge in [-0.1, -0.05) is 0 Å². The Bertz CT molecular complexity index is 751. The predicted molar refractivity (Wildman–Crippen MR) is 96.1 cm³/mol. The van der Waals surface area contributed by atoms with E-state index in [1.165, 1.54) is 12.3 Å². The van der Waals surface area contributed by atoms with Gasteiger partial charge in [0.05, 0.1) is 0 Å². The number of carbonyl (C=O) groups is 2. The van der Waals surface area contributed by atoms with Gasteiger partial charge < -0.3 is 15.7 Å². The molecule has 26 heavy (non-hydrogen) atoms. The Hall–Kier alpha value is -1.91. The van der Waals surface area contributed by atoms with Crippen LogP contribution in [0.1, 0.15) is 54.1 Å². The number of rotatable bonds is 8. The third-order valence-electron chi connectivity index (χ3n) is 4.80. The van der Waals surface area contributed by atoms with Crippen LogP contribution < -0.4 is 15.8 Å². The van der Waals surface area contributed by atoms with Gasteiger partial charge in [0.15, 0.2) is 0 Å². The van der Waals surface area contributed by atoms with Crippen molar-refractivity contribution in [2.75, 3.05) is 20.1 Å². The van der Waals surface area contributed by atoms with Gasteiger partial charge in [-0.15, -0.1) is 0 Å². The number of nitrogens with one attached hydrogen (secondary N) is 2. The van der Waals surface area contributed by atoms with Crippen molar-refractivity contribution >= 4 is 22.1 Å². The summed E-state index contributed by atoms with van der Waals surface area (Å²) in [5.41, 5.74) is 0.145. The van der Waals surface area contributed by atoms with E-state index in [1.54, 1.807) is 0 Å². The first-order valence-corrected chi connectivity index (χ1v) is 10.2. The van der Waals surface area contributed by atoms with E-state index in [0.29, 0.717) is 41.8 Å². The van der Waals surface area contributed by atoms with E-state index in [4.69, 9.17) is 5.14 Å². The van der Waals surface area contributed by atoms with Gasteiger partial charge in [0, 0.05) is 18.7 Å². The van der Waals surface area contributed by atoms with Crippen LogP contribution in [-0.2, 0) is 15.0 Å². The van der Waals surface area contributed by atoms with Crippen LogP contribution in [0.2, 0.25) is 0 Å². The van der Waals surface area contributed by atoms with Crippen LogP contribution in [-0.4, -0.2) is 49.5 Å². The van der Waals surface area contributed by atoms with Crippen molar-refractivity contribution in [2.45, 2.75) is 38.0 Å². The lowest BCUT2D eigenvalue weighted by molar-refractivity contribution is -0.126. The van der Waals surface area contributed by atoms with Crippen LogP contribution >= 0.6 is 0 Å². The van der Waals surface area contributed by atoms with Crippen molar-refractivity contribution in [3.05, 3.63) is 23.5 Å². The molecule has 1 heterocycles. The van der Waals surface area contributed by atoms with Gasteiger partial charge in [-0.05, 0) is 63.2 Å². The molecule has 0 spiro atoms. The summed E-state index contributed by atoms with van der Waals surface area (Å²) in [6.07, 6.45) is 4.58. The lowest BCUT2D eigenvalue weighted by Gasteiger charge is -2.28. The first-order valence-electron chi connectivity index (χ1n) is 8.65.